The highest BCUT2D eigenvalue weighted by atomic mass is 19.4. The second kappa shape index (κ2) is 3.64. The molecule has 0 bridgehead atoms. The van der Waals surface area contributed by atoms with Crippen LogP contribution in [-0.2, 0) is 4.79 Å². The maximum atomic E-state index is 11.5. The van der Waals surface area contributed by atoms with Crippen molar-refractivity contribution >= 4 is 12.9 Å². The van der Waals surface area contributed by atoms with E-state index in [0.29, 0.717) is 0 Å². The van der Waals surface area contributed by atoms with Crippen LogP contribution in [0.5, 0.6) is 0 Å². The zero-order valence-electron chi connectivity index (χ0n) is 6.40. The van der Waals surface area contributed by atoms with Crippen LogP contribution in [0.1, 0.15) is 13.8 Å². The number of carbonyl (C=O) groups is 1. The molecule has 0 unspecified atom stereocenters. The molecule has 1 N–H and O–H groups in total. The normalized spacial score (nSPS) is 11.8. The van der Waals surface area contributed by atoms with Gasteiger partial charge in [-0.1, -0.05) is 13.8 Å². The van der Waals surface area contributed by atoms with Crippen molar-refractivity contribution in [1.82, 2.24) is 5.32 Å². The first kappa shape index (κ1) is 10.3. The van der Waals surface area contributed by atoms with Crippen LogP contribution in [0.3, 0.4) is 0 Å². The van der Waals surface area contributed by atoms with Crippen molar-refractivity contribution in [1.29, 1.82) is 0 Å². The van der Waals surface area contributed by atoms with Crippen molar-refractivity contribution in [3.63, 3.8) is 0 Å². The van der Waals surface area contributed by atoms with Crippen molar-refractivity contribution in [3.05, 3.63) is 0 Å². The lowest BCUT2D eigenvalue weighted by Gasteiger charge is -2.15. The van der Waals surface area contributed by atoms with Gasteiger partial charge in [0.1, 0.15) is 0 Å². The molecule has 0 atom stereocenters. The molecule has 0 heterocycles. The van der Waals surface area contributed by atoms with Crippen LogP contribution in [0.4, 0.5) is 12.9 Å². The van der Waals surface area contributed by atoms with Crippen LogP contribution < -0.4 is 5.32 Å². The van der Waals surface area contributed by atoms with E-state index in [0.717, 1.165) is 0 Å². The van der Waals surface area contributed by atoms with Gasteiger partial charge >= 0.3 is 6.98 Å². The van der Waals surface area contributed by atoms with E-state index in [9.17, 15) is 17.7 Å². The molecule has 0 aliphatic rings. The number of halogens is 3. The molecule has 0 aromatic rings. The molecule has 0 spiro atoms. The lowest BCUT2D eigenvalue weighted by molar-refractivity contribution is -0.123. The average molecular weight is 168 g/mol. The van der Waals surface area contributed by atoms with E-state index in [1.165, 1.54) is 0 Å². The lowest BCUT2D eigenvalue weighted by Crippen LogP contribution is -2.39. The summed E-state index contributed by atoms with van der Waals surface area (Å²) >= 11 is 0. The van der Waals surface area contributed by atoms with Gasteiger partial charge in [0.25, 0.3) is 0 Å². The summed E-state index contributed by atoms with van der Waals surface area (Å²) in [4.78, 5) is 10.6. The molecule has 1 amide bonds. The quantitative estimate of drug-likeness (QED) is 0.629. The first-order chi connectivity index (χ1) is 4.83. The maximum Gasteiger partial charge on any atom is 0.497 e. The molecule has 6 heteroatoms. The molecular formula is C5H10BF3NO-. The molecule has 0 aromatic heterocycles. The third kappa shape index (κ3) is 5.75. The fraction of sp³-hybridized carbons (Fsp3) is 0.800. The van der Waals surface area contributed by atoms with E-state index >= 15 is 0 Å². The molecule has 0 aromatic carbocycles. The summed E-state index contributed by atoms with van der Waals surface area (Å²) in [5.41, 5.74) is 0. The van der Waals surface area contributed by atoms with E-state index in [2.05, 4.69) is 0 Å². The second-order valence-corrected chi connectivity index (χ2v) is 2.61. The summed E-state index contributed by atoms with van der Waals surface area (Å²) in [5, 5.41) is 1.79. The Morgan fingerprint density at radius 1 is 1.45 bits per heavy atom. The molecule has 0 saturated carbocycles. The zero-order valence-corrected chi connectivity index (χ0v) is 6.40. The van der Waals surface area contributed by atoms with Crippen LogP contribution in [-0.4, -0.2) is 19.3 Å². The Bertz CT molecular complexity index is 145. The van der Waals surface area contributed by atoms with Crippen LogP contribution >= 0.6 is 0 Å². The van der Waals surface area contributed by atoms with Gasteiger partial charge in [-0.25, -0.2) is 0 Å². The number of carbonyl (C=O) groups excluding carboxylic acids is 1. The van der Waals surface area contributed by atoms with Crippen molar-refractivity contribution in [2.24, 2.45) is 5.92 Å². The summed E-state index contributed by atoms with van der Waals surface area (Å²) in [6.45, 7) is -1.81. The van der Waals surface area contributed by atoms with Gasteiger partial charge in [-0.3, -0.25) is 4.79 Å². The van der Waals surface area contributed by atoms with Crippen molar-refractivity contribution in [2.75, 3.05) is 6.44 Å². The Morgan fingerprint density at radius 2 is 1.91 bits per heavy atom. The van der Waals surface area contributed by atoms with Gasteiger partial charge in [0, 0.05) is 5.92 Å². The molecule has 66 valence electrons. The fourth-order valence-corrected chi connectivity index (χ4v) is 0.420. The van der Waals surface area contributed by atoms with Crippen LogP contribution in [0, 0.1) is 5.92 Å². The highest BCUT2D eigenvalue weighted by Crippen LogP contribution is 2.05. The van der Waals surface area contributed by atoms with Gasteiger partial charge in [0.15, 0.2) is 0 Å². The monoisotopic (exact) mass is 168 g/mol. The van der Waals surface area contributed by atoms with E-state index in [1.54, 1.807) is 19.2 Å². The molecule has 0 aliphatic carbocycles. The average Bonchev–Trinajstić information content (AvgIpc) is 1.80. The minimum Gasteiger partial charge on any atom is -0.448 e. The molecule has 0 fully saturated rings. The van der Waals surface area contributed by atoms with Gasteiger partial charge in [-0.2, -0.15) is 0 Å². The summed E-state index contributed by atoms with van der Waals surface area (Å²) in [5.74, 6) is -0.961. The zero-order chi connectivity index (χ0) is 9.07. The molecule has 0 radical (unpaired) electrons. The predicted octanol–water partition coefficient (Wildman–Crippen LogP) is 1.15. The van der Waals surface area contributed by atoms with Crippen LogP contribution in [0.2, 0.25) is 0 Å². The third-order valence-electron chi connectivity index (χ3n) is 1.03. The second-order valence-electron chi connectivity index (χ2n) is 2.61. The Balaban J connectivity index is 3.64. The van der Waals surface area contributed by atoms with Gasteiger partial charge in [-0.05, 0) is 6.44 Å². The molecule has 0 rings (SSSR count). The first-order valence-electron chi connectivity index (χ1n) is 3.31. The van der Waals surface area contributed by atoms with Crippen molar-refractivity contribution in [2.45, 2.75) is 13.8 Å². The topological polar surface area (TPSA) is 29.1 Å². The summed E-state index contributed by atoms with van der Waals surface area (Å²) in [7, 11) is 0. The largest absolute Gasteiger partial charge is 0.497 e. The van der Waals surface area contributed by atoms with Gasteiger partial charge in [-0.15, -0.1) is 0 Å². The number of amides is 1. The summed E-state index contributed by atoms with van der Waals surface area (Å²) < 4.78 is 34.6. The molecule has 2 nitrogen and oxygen atoms in total. The minimum absolute atomic E-state index is 0.395. The van der Waals surface area contributed by atoms with Gasteiger partial charge in [0.2, 0.25) is 5.91 Å². The van der Waals surface area contributed by atoms with Gasteiger partial charge in [0.05, 0.1) is 0 Å². The van der Waals surface area contributed by atoms with E-state index in [1.807, 2.05) is 0 Å². The maximum absolute atomic E-state index is 11.5. The van der Waals surface area contributed by atoms with E-state index in [-0.39, 0.29) is 0 Å². The Morgan fingerprint density at radius 3 is 2.18 bits per heavy atom. The Kier molecular flexibility index (Phi) is 3.42. The van der Waals surface area contributed by atoms with Gasteiger partial charge < -0.3 is 18.3 Å². The number of hydrogen-bond donors (Lipinski definition) is 1. The molecule has 11 heavy (non-hydrogen) atoms. The van der Waals surface area contributed by atoms with E-state index in [4.69, 9.17) is 0 Å². The summed E-state index contributed by atoms with van der Waals surface area (Å²) in [6, 6.07) is 0. The summed E-state index contributed by atoms with van der Waals surface area (Å²) in [6.07, 6.45) is -1.18. The number of rotatable bonds is 3. The predicted molar refractivity (Wildman–Crippen MR) is 36.9 cm³/mol. The van der Waals surface area contributed by atoms with Crippen molar-refractivity contribution < 1.29 is 17.7 Å². The molecular weight excluding hydrogens is 158 g/mol. The first-order valence-corrected chi connectivity index (χ1v) is 3.31. The fourth-order valence-electron chi connectivity index (χ4n) is 0.420. The minimum atomic E-state index is -4.89. The van der Waals surface area contributed by atoms with Crippen LogP contribution in [0.25, 0.3) is 0 Å². The SMILES string of the molecule is CC(C)C(=O)NC[B-](F)(F)F. The number of hydrogen-bond acceptors (Lipinski definition) is 1. The third-order valence-corrected chi connectivity index (χ3v) is 1.03. The Hall–Kier alpha value is -0.675. The highest BCUT2D eigenvalue weighted by Gasteiger charge is 2.23. The smallest absolute Gasteiger partial charge is 0.448 e. The van der Waals surface area contributed by atoms with E-state index < -0.39 is 25.2 Å². The highest BCUT2D eigenvalue weighted by molar-refractivity contribution is 6.58. The van der Waals surface area contributed by atoms with Crippen LogP contribution in [0.15, 0.2) is 0 Å². The number of nitrogens with one attached hydrogen (secondary N) is 1. The van der Waals surface area contributed by atoms with Crippen molar-refractivity contribution in [3.8, 4) is 0 Å². The lowest BCUT2D eigenvalue weighted by atomic mass is 9.92. The molecule has 0 saturated heterocycles. The Labute approximate surface area is 63.2 Å². The standard InChI is InChI=1S/C5H10BF3NO/c1-4(2)5(11)10-3-6(7,8)9/h4H,3H2,1-2H3,(H,10,11)/q-1. The molecule has 0 aliphatic heterocycles.